The third-order valence-electron chi connectivity index (χ3n) is 3.54. The molecular formula is C18H18Br2O3. The Morgan fingerprint density at radius 2 is 1.83 bits per heavy atom. The van der Waals surface area contributed by atoms with Gasteiger partial charge >= 0.3 is 5.97 Å². The smallest absolute Gasteiger partial charge is 0.309 e. The average Bonchev–Trinajstić information content (AvgIpc) is 2.47. The van der Waals surface area contributed by atoms with Gasteiger partial charge in [0.05, 0.1) is 18.6 Å². The van der Waals surface area contributed by atoms with Crippen LogP contribution in [0.25, 0.3) is 11.1 Å². The molecule has 1 atom stereocenters. The zero-order valence-corrected chi connectivity index (χ0v) is 16.1. The standard InChI is InChI=1S/C18H18Br2O3/c1-3-23-17(21)11-18(2,22)13-6-4-12(5-7-13)15-9-8-14(19)10-16(15)20/h4-10,22H,3,11H2,1-2H3. The lowest BCUT2D eigenvalue weighted by Crippen LogP contribution is -2.26. The number of benzene rings is 2. The summed E-state index contributed by atoms with van der Waals surface area (Å²) < 4.78 is 6.90. The summed E-state index contributed by atoms with van der Waals surface area (Å²) in [7, 11) is 0. The van der Waals surface area contributed by atoms with E-state index >= 15 is 0 Å². The second kappa shape index (κ2) is 7.60. The lowest BCUT2D eigenvalue weighted by atomic mass is 9.91. The number of aliphatic hydroxyl groups is 1. The highest BCUT2D eigenvalue weighted by Crippen LogP contribution is 2.33. The molecule has 0 radical (unpaired) electrons. The molecule has 2 rings (SSSR count). The molecule has 122 valence electrons. The summed E-state index contributed by atoms with van der Waals surface area (Å²) in [5.41, 5.74) is 1.52. The van der Waals surface area contributed by atoms with Gasteiger partial charge in [-0.3, -0.25) is 4.79 Å². The van der Waals surface area contributed by atoms with Crippen LogP contribution < -0.4 is 0 Å². The minimum atomic E-state index is -1.25. The first-order chi connectivity index (χ1) is 10.8. The lowest BCUT2D eigenvalue weighted by Gasteiger charge is -2.23. The minimum Gasteiger partial charge on any atom is -0.466 e. The summed E-state index contributed by atoms with van der Waals surface area (Å²) >= 11 is 6.99. The summed E-state index contributed by atoms with van der Waals surface area (Å²) in [6.07, 6.45) is -0.0673. The number of halogens is 2. The highest BCUT2D eigenvalue weighted by atomic mass is 79.9. The molecule has 0 spiro atoms. The number of ether oxygens (including phenoxy) is 1. The zero-order chi connectivity index (χ0) is 17.0. The van der Waals surface area contributed by atoms with Crippen LogP contribution in [0, 0.1) is 0 Å². The molecule has 2 aromatic rings. The number of rotatable bonds is 5. The highest BCUT2D eigenvalue weighted by molar-refractivity contribution is 9.11. The predicted octanol–water partition coefficient (Wildman–Crippen LogP) is 5.04. The highest BCUT2D eigenvalue weighted by Gasteiger charge is 2.27. The van der Waals surface area contributed by atoms with Crippen LogP contribution in [0.4, 0.5) is 0 Å². The number of carbonyl (C=O) groups excluding carboxylic acids is 1. The van der Waals surface area contributed by atoms with Gasteiger partial charge in [0.2, 0.25) is 0 Å². The Bertz CT molecular complexity index is 694. The minimum absolute atomic E-state index is 0.0673. The van der Waals surface area contributed by atoms with Gasteiger partial charge in [0, 0.05) is 8.95 Å². The number of hydrogen-bond acceptors (Lipinski definition) is 3. The molecule has 0 bridgehead atoms. The van der Waals surface area contributed by atoms with Crippen LogP contribution in [-0.4, -0.2) is 17.7 Å². The number of carbonyl (C=O) groups is 1. The van der Waals surface area contributed by atoms with Crippen molar-refractivity contribution in [1.82, 2.24) is 0 Å². The van der Waals surface area contributed by atoms with E-state index in [-0.39, 0.29) is 6.42 Å². The van der Waals surface area contributed by atoms with Crippen molar-refractivity contribution in [3.63, 3.8) is 0 Å². The third-order valence-corrected chi connectivity index (χ3v) is 4.69. The maximum absolute atomic E-state index is 11.6. The van der Waals surface area contributed by atoms with Crippen LogP contribution in [0.3, 0.4) is 0 Å². The Labute approximate surface area is 152 Å². The lowest BCUT2D eigenvalue weighted by molar-refractivity contribution is -0.148. The molecule has 1 N–H and O–H groups in total. The Balaban J connectivity index is 2.23. The molecule has 23 heavy (non-hydrogen) atoms. The van der Waals surface area contributed by atoms with Gasteiger partial charge in [-0.2, -0.15) is 0 Å². The fraction of sp³-hybridized carbons (Fsp3) is 0.278. The number of hydrogen-bond donors (Lipinski definition) is 1. The van der Waals surface area contributed by atoms with Crippen molar-refractivity contribution < 1.29 is 14.6 Å². The summed E-state index contributed by atoms with van der Waals surface area (Å²) in [5, 5.41) is 10.5. The SMILES string of the molecule is CCOC(=O)CC(C)(O)c1ccc(-c2ccc(Br)cc2Br)cc1. The van der Waals surface area contributed by atoms with Crippen molar-refractivity contribution in [3.8, 4) is 11.1 Å². The first-order valence-electron chi connectivity index (χ1n) is 7.27. The molecule has 0 aromatic heterocycles. The van der Waals surface area contributed by atoms with E-state index in [1.807, 2.05) is 42.5 Å². The molecule has 0 aliphatic carbocycles. The maximum atomic E-state index is 11.6. The fourth-order valence-corrected chi connectivity index (χ4v) is 3.60. The fourth-order valence-electron chi connectivity index (χ4n) is 2.33. The summed E-state index contributed by atoms with van der Waals surface area (Å²) in [5.74, 6) is -0.405. The van der Waals surface area contributed by atoms with Gasteiger partial charge in [-0.1, -0.05) is 62.2 Å². The Kier molecular flexibility index (Phi) is 6.00. The molecule has 3 nitrogen and oxygen atoms in total. The van der Waals surface area contributed by atoms with E-state index < -0.39 is 11.6 Å². The van der Waals surface area contributed by atoms with E-state index in [2.05, 4.69) is 31.9 Å². The van der Waals surface area contributed by atoms with Gasteiger partial charge < -0.3 is 9.84 Å². The Morgan fingerprint density at radius 3 is 2.39 bits per heavy atom. The topological polar surface area (TPSA) is 46.5 Å². The molecular weight excluding hydrogens is 424 g/mol. The monoisotopic (exact) mass is 440 g/mol. The van der Waals surface area contributed by atoms with Gasteiger partial charge in [-0.05, 0) is 42.7 Å². The van der Waals surface area contributed by atoms with Crippen molar-refractivity contribution in [2.24, 2.45) is 0 Å². The van der Waals surface area contributed by atoms with E-state index in [9.17, 15) is 9.90 Å². The van der Waals surface area contributed by atoms with Crippen LogP contribution in [0.5, 0.6) is 0 Å². The van der Waals surface area contributed by atoms with Crippen molar-refractivity contribution in [2.75, 3.05) is 6.61 Å². The predicted molar refractivity (Wildman–Crippen MR) is 98.1 cm³/mol. The maximum Gasteiger partial charge on any atom is 0.309 e. The Hall–Kier alpha value is -1.17. The second-order valence-electron chi connectivity index (χ2n) is 5.46. The van der Waals surface area contributed by atoms with Gasteiger partial charge in [-0.25, -0.2) is 0 Å². The third kappa shape index (κ3) is 4.66. The van der Waals surface area contributed by atoms with Gasteiger partial charge in [0.1, 0.15) is 0 Å². The van der Waals surface area contributed by atoms with Gasteiger partial charge in [0.25, 0.3) is 0 Å². The van der Waals surface area contributed by atoms with Crippen LogP contribution in [0.15, 0.2) is 51.4 Å². The normalized spacial score (nSPS) is 13.4. The van der Waals surface area contributed by atoms with Crippen LogP contribution in [0.1, 0.15) is 25.8 Å². The van der Waals surface area contributed by atoms with E-state index in [4.69, 9.17) is 4.74 Å². The quantitative estimate of drug-likeness (QED) is 0.661. The van der Waals surface area contributed by atoms with Crippen molar-refractivity contribution >= 4 is 37.8 Å². The van der Waals surface area contributed by atoms with Crippen molar-refractivity contribution in [1.29, 1.82) is 0 Å². The molecule has 0 amide bonds. The van der Waals surface area contributed by atoms with Gasteiger partial charge in [0.15, 0.2) is 0 Å². The molecule has 0 fully saturated rings. The van der Waals surface area contributed by atoms with Crippen molar-refractivity contribution in [3.05, 3.63) is 57.0 Å². The molecule has 1 unspecified atom stereocenters. The summed E-state index contributed by atoms with van der Waals surface area (Å²) in [6, 6.07) is 13.5. The molecule has 0 aliphatic heterocycles. The molecule has 0 heterocycles. The van der Waals surface area contributed by atoms with E-state index in [1.165, 1.54) is 0 Å². The second-order valence-corrected chi connectivity index (χ2v) is 7.23. The zero-order valence-electron chi connectivity index (χ0n) is 13.0. The largest absolute Gasteiger partial charge is 0.466 e. The molecule has 5 heteroatoms. The average molecular weight is 442 g/mol. The van der Waals surface area contributed by atoms with Crippen molar-refractivity contribution in [2.45, 2.75) is 25.9 Å². The number of esters is 1. The Morgan fingerprint density at radius 1 is 1.17 bits per heavy atom. The first-order valence-corrected chi connectivity index (χ1v) is 8.86. The summed E-state index contributed by atoms with van der Waals surface area (Å²) in [4.78, 5) is 11.6. The first kappa shape index (κ1) is 18.2. The van der Waals surface area contributed by atoms with E-state index in [1.54, 1.807) is 13.8 Å². The molecule has 0 saturated carbocycles. The van der Waals surface area contributed by atoms with E-state index in [0.29, 0.717) is 12.2 Å². The molecule has 2 aromatic carbocycles. The van der Waals surface area contributed by atoms with E-state index in [0.717, 1.165) is 20.1 Å². The summed E-state index contributed by atoms with van der Waals surface area (Å²) in [6.45, 7) is 3.68. The van der Waals surface area contributed by atoms with Crippen LogP contribution in [0.2, 0.25) is 0 Å². The molecule has 0 aliphatic rings. The van der Waals surface area contributed by atoms with Crippen LogP contribution >= 0.6 is 31.9 Å². The van der Waals surface area contributed by atoms with Crippen LogP contribution in [-0.2, 0) is 15.1 Å². The van der Waals surface area contributed by atoms with Gasteiger partial charge in [-0.15, -0.1) is 0 Å². The molecule has 0 saturated heterocycles.